The lowest BCUT2D eigenvalue weighted by atomic mass is 10.1. The van der Waals surface area contributed by atoms with Crippen molar-refractivity contribution in [3.63, 3.8) is 0 Å². The minimum atomic E-state index is -0.199. The molecule has 6 heteroatoms. The Labute approximate surface area is 162 Å². The van der Waals surface area contributed by atoms with E-state index in [-0.39, 0.29) is 5.91 Å². The van der Waals surface area contributed by atoms with Crippen LogP contribution in [0.4, 0.5) is 0 Å². The molecule has 0 aliphatic heterocycles. The summed E-state index contributed by atoms with van der Waals surface area (Å²) in [5.41, 5.74) is 2.78. The molecule has 0 unspecified atom stereocenters. The van der Waals surface area contributed by atoms with Gasteiger partial charge in [-0.2, -0.15) is 0 Å². The Balaban J connectivity index is 1.78. The van der Waals surface area contributed by atoms with E-state index >= 15 is 0 Å². The summed E-state index contributed by atoms with van der Waals surface area (Å²) in [4.78, 5) is 16.8. The number of rotatable bonds is 6. The highest BCUT2D eigenvalue weighted by molar-refractivity contribution is 6.33. The number of aromatic nitrogens is 1. The molecule has 1 amide bonds. The lowest BCUT2D eigenvalue weighted by Crippen LogP contribution is -2.22. The van der Waals surface area contributed by atoms with Crippen LogP contribution < -0.4 is 14.8 Å². The number of hydrogen-bond acceptors (Lipinski definition) is 4. The number of pyridine rings is 1. The van der Waals surface area contributed by atoms with Crippen LogP contribution in [0.25, 0.3) is 11.3 Å². The van der Waals surface area contributed by atoms with Crippen molar-refractivity contribution >= 4 is 17.5 Å². The molecule has 5 nitrogen and oxygen atoms in total. The molecular formula is C21H19ClN2O3. The van der Waals surface area contributed by atoms with Gasteiger partial charge >= 0.3 is 0 Å². The Kier molecular flexibility index (Phi) is 5.94. The lowest BCUT2D eigenvalue weighted by Gasteiger charge is -2.12. The molecule has 27 heavy (non-hydrogen) atoms. The van der Waals surface area contributed by atoms with Gasteiger partial charge in [0.05, 0.1) is 24.9 Å². The number of hydrogen-bond donors (Lipinski definition) is 1. The standard InChI is InChI=1S/C21H19ClN2O3/c1-26-16-6-3-5-14(11-16)13-24-21(25)15-8-9-17(19(12-15)27-2)20-18(22)7-4-10-23-20/h3-12H,13H2,1-2H3,(H,24,25). The number of halogens is 1. The van der Waals surface area contributed by atoms with Crippen LogP contribution in [-0.2, 0) is 6.54 Å². The van der Waals surface area contributed by atoms with Gasteiger partial charge in [0.1, 0.15) is 11.5 Å². The third kappa shape index (κ3) is 4.38. The number of carbonyl (C=O) groups excluding carboxylic acids is 1. The third-order valence-electron chi connectivity index (χ3n) is 4.06. The average Bonchev–Trinajstić information content (AvgIpc) is 2.72. The third-order valence-corrected chi connectivity index (χ3v) is 4.37. The topological polar surface area (TPSA) is 60.5 Å². The van der Waals surface area contributed by atoms with Crippen LogP contribution in [0.15, 0.2) is 60.8 Å². The molecule has 0 aliphatic rings. The molecule has 2 aromatic carbocycles. The minimum absolute atomic E-state index is 0.199. The van der Waals surface area contributed by atoms with E-state index in [2.05, 4.69) is 10.3 Å². The first kappa shape index (κ1) is 18.7. The van der Waals surface area contributed by atoms with Crippen molar-refractivity contribution in [2.45, 2.75) is 6.54 Å². The van der Waals surface area contributed by atoms with Crippen molar-refractivity contribution in [1.82, 2.24) is 10.3 Å². The molecule has 138 valence electrons. The number of nitrogens with zero attached hydrogens (tertiary/aromatic N) is 1. The smallest absolute Gasteiger partial charge is 0.251 e. The van der Waals surface area contributed by atoms with Gasteiger partial charge in [0.15, 0.2) is 0 Å². The van der Waals surface area contributed by atoms with Crippen LogP contribution in [0, 0.1) is 0 Å². The summed E-state index contributed by atoms with van der Waals surface area (Å²) >= 11 is 6.22. The van der Waals surface area contributed by atoms with Gasteiger partial charge in [-0.1, -0.05) is 23.7 Å². The Morgan fingerprint density at radius 2 is 1.93 bits per heavy atom. The van der Waals surface area contributed by atoms with Gasteiger partial charge < -0.3 is 14.8 Å². The molecule has 0 saturated heterocycles. The number of carbonyl (C=O) groups is 1. The Morgan fingerprint density at radius 1 is 1.07 bits per heavy atom. The van der Waals surface area contributed by atoms with Crippen LogP contribution >= 0.6 is 11.6 Å². The second kappa shape index (κ2) is 8.56. The highest BCUT2D eigenvalue weighted by Crippen LogP contribution is 2.33. The monoisotopic (exact) mass is 382 g/mol. The van der Waals surface area contributed by atoms with Crippen LogP contribution in [0.2, 0.25) is 5.02 Å². The van der Waals surface area contributed by atoms with E-state index in [4.69, 9.17) is 21.1 Å². The van der Waals surface area contributed by atoms with Crippen molar-refractivity contribution in [3.8, 4) is 22.8 Å². The molecule has 0 atom stereocenters. The van der Waals surface area contributed by atoms with Gasteiger partial charge in [-0.15, -0.1) is 0 Å². The van der Waals surface area contributed by atoms with Gasteiger partial charge in [-0.05, 0) is 48.0 Å². The van der Waals surface area contributed by atoms with Crippen molar-refractivity contribution in [2.75, 3.05) is 14.2 Å². The van der Waals surface area contributed by atoms with Crippen LogP contribution in [0.3, 0.4) is 0 Å². The molecule has 0 bridgehead atoms. The number of ether oxygens (including phenoxy) is 2. The van der Waals surface area contributed by atoms with Gasteiger partial charge in [-0.25, -0.2) is 0 Å². The summed E-state index contributed by atoms with van der Waals surface area (Å²) in [5.74, 6) is 1.08. The van der Waals surface area contributed by atoms with E-state index in [0.29, 0.717) is 28.6 Å². The first-order valence-corrected chi connectivity index (χ1v) is 8.70. The predicted octanol–water partition coefficient (Wildman–Crippen LogP) is 4.35. The second-order valence-electron chi connectivity index (χ2n) is 5.78. The van der Waals surface area contributed by atoms with E-state index in [1.165, 1.54) is 0 Å². The molecule has 1 aromatic heterocycles. The molecule has 3 rings (SSSR count). The molecule has 1 heterocycles. The van der Waals surface area contributed by atoms with Crippen LogP contribution in [0.5, 0.6) is 11.5 Å². The summed E-state index contributed by atoms with van der Waals surface area (Å²) in [6.45, 7) is 0.395. The van der Waals surface area contributed by atoms with E-state index in [9.17, 15) is 4.79 Å². The van der Waals surface area contributed by atoms with Gasteiger partial charge in [0.2, 0.25) is 0 Å². The normalized spacial score (nSPS) is 10.3. The molecule has 0 aliphatic carbocycles. The second-order valence-corrected chi connectivity index (χ2v) is 6.19. The number of methoxy groups -OCH3 is 2. The van der Waals surface area contributed by atoms with E-state index < -0.39 is 0 Å². The summed E-state index contributed by atoms with van der Waals surface area (Å²) < 4.78 is 10.6. The molecule has 3 aromatic rings. The lowest BCUT2D eigenvalue weighted by molar-refractivity contribution is 0.0950. The fourth-order valence-electron chi connectivity index (χ4n) is 2.68. The Bertz CT molecular complexity index is 960. The summed E-state index contributed by atoms with van der Waals surface area (Å²) in [6, 6.07) is 16.3. The Hall–Kier alpha value is -3.05. The average molecular weight is 383 g/mol. The first-order chi connectivity index (χ1) is 13.1. The molecule has 0 spiro atoms. The fourth-order valence-corrected chi connectivity index (χ4v) is 2.90. The minimum Gasteiger partial charge on any atom is -0.497 e. The summed E-state index contributed by atoms with van der Waals surface area (Å²) in [5, 5.41) is 3.42. The van der Waals surface area contributed by atoms with E-state index in [1.807, 2.05) is 24.3 Å². The summed E-state index contributed by atoms with van der Waals surface area (Å²) in [6.07, 6.45) is 1.66. The van der Waals surface area contributed by atoms with Gasteiger partial charge in [0.25, 0.3) is 5.91 Å². The van der Waals surface area contributed by atoms with Crippen LogP contribution in [-0.4, -0.2) is 25.1 Å². The Morgan fingerprint density at radius 3 is 2.67 bits per heavy atom. The van der Waals surface area contributed by atoms with Gasteiger partial charge in [-0.3, -0.25) is 9.78 Å². The largest absolute Gasteiger partial charge is 0.497 e. The zero-order valence-electron chi connectivity index (χ0n) is 15.0. The van der Waals surface area contributed by atoms with Crippen molar-refractivity contribution in [3.05, 3.63) is 76.9 Å². The number of amides is 1. The van der Waals surface area contributed by atoms with E-state index in [0.717, 1.165) is 16.9 Å². The summed E-state index contributed by atoms with van der Waals surface area (Å²) in [7, 11) is 3.16. The molecule has 0 saturated carbocycles. The number of nitrogens with one attached hydrogen (secondary N) is 1. The quantitative estimate of drug-likeness (QED) is 0.688. The predicted molar refractivity (Wildman–Crippen MR) is 105 cm³/mol. The fraction of sp³-hybridized carbons (Fsp3) is 0.143. The highest BCUT2D eigenvalue weighted by atomic mass is 35.5. The maximum Gasteiger partial charge on any atom is 0.251 e. The number of benzene rings is 2. The van der Waals surface area contributed by atoms with Crippen LogP contribution in [0.1, 0.15) is 15.9 Å². The molecule has 1 N–H and O–H groups in total. The first-order valence-electron chi connectivity index (χ1n) is 8.32. The highest BCUT2D eigenvalue weighted by Gasteiger charge is 2.14. The SMILES string of the molecule is COc1cccc(CNC(=O)c2ccc(-c3ncccc3Cl)c(OC)c2)c1. The zero-order chi connectivity index (χ0) is 19.2. The van der Waals surface area contributed by atoms with E-state index in [1.54, 1.807) is 50.7 Å². The maximum atomic E-state index is 12.5. The molecule has 0 radical (unpaired) electrons. The zero-order valence-corrected chi connectivity index (χ0v) is 15.8. The van der Waals surface area contributed by atoms with Crippen molar-refractivity contribution in [1.29, 1.82) is 0 Å². The van der Waals surface area contributed by atoms with Crippen molar-refractivity contribution < 1.29 is 14.3 Å². The molecule has 0 fully saturated rings. The van der Waals surface area contributed by atoms with Crippen molar-refractivity contribution in [2.24, 2.45) is 0 Å². The maximum absolute atomic E-state index is 12.5. The van der Waals surface area contributed by atoms with Gasteiger partial charge in [0, 0.05) is 23.9 Å². The molecular weight excluding hydrogens is 364 g/mol.